The van der Waals surface area contributed by atoms with Crippen molar-refractivity contribution in [3.8, 4) is 5.69 Å². The van der Waals surface area contributed by atoms with Crippen LogP contribution in [0.25, 0.3) is 5.69 Å². The van der Waals surface area contributed by atoms with Gasteiger partial charge in [-0.3, -0.25) is 0 Å². The minimum absolute atomic E-state index is 0.634. The number of piperidine rings is 1. The molecule has 3 aromatic rings. The van der Waals surface area contributed by atoms with Crippen LogP contribution in [0.5, 0.6) is 0 Å². The van der Waals surface area contributed by atoms with Crippen LogP contribution in [0, 0.1) is 0 Å². The second kappa shape index (κ2) is 7.80. The standard InChI is InChI=1S/C24H28N4/c1-2-6-20-17-22(10-9-19(20)5-1)26-21-11-15-27(16-12-21)23-7-3-8-24(18-23)28-14-4-13-25-28/h1-8,13-14,18,21-22,26H,9-12,15-17H2/t22-/m1/s1. The molecule has 1 atom stereocenters. The maximum Gasteiger partial charge on any atom is 0.0666 e. The zero-order valence-electron chi connectivity index (χ0n) is 16.3. The third-order valence-electron chi connectivity index (χ3n) is 6.28. The van der Waals surface area contributed by atoms with Crippen LogP contribution in [-0.2, 0) is 12.8 Å². The summed E-state index contributed by atoms with van der Waals surface area (Å²) < 4.78 is 1.93. The molecule has 1 aromatic heterocycles. The summed E-state index contributed by atoms with van der Waals surface area (Å²) in [4.78, 5) is 2.52. The fourth-order valence-corrected chi connectivity index (χ4v) is 4.73. The van der Waals surface area contributed by atoms with Gasteiger partial charge in [0.1, 0.15) is 0 Å². The Morgan fingerprint density at radius 1 is 0.821 bits per heavy atom. The molecule has 2 heterocycles. The molecule has 1 aliphatic carbocycles. The Morgan fingerprint density at radius 2 is 1.64 bits per heavy atom. The molecule has 1 fully saturated rings. The SMILES string of the molecule is c1cc(N2CCC(N[C@@H]3CCc4ccccc4C3)CC2)cc(-n2cccn2)c1. The molecule has 28 heavy (non-hydrogen) atoms. The number of fused-ring (bicyclic) bond motifs is 1. The highest BCUT2D eigenvalue weighted by Crippen LogP contribution is 2.25. The smallest absolute Gasteiger partial charge is 0.0666 e. The first-order valence-corrected chi connectivity index (χ1v) is 10.5. The average Bonchev–Trinajstić information content (AvgIpc) is 3.29. The van der Waals surface area contributed by atoms with Gasteiger partial charge >= 0.3 is 0 Å². The van der Waals surface area contributed by atoms with Crippen LogP contribution in [-0.4, -0.2) is 35.0 Å². The lowest BCUT2D eigenvalue weighted by Crippen LogP contribution is -2.47. The lowest BCUT2D eigenvalue weighted by molar-refractivity contribution is 0.345. The quantitative estimate of drug-likeness (QED) is 0.752. The fourth-order valence-electron chi connectivity index (χ4n) is 4.73. The number of aryl methyl sites for hydroxylation is 1. The number of nitrogens with one attached hydrogen (secondary N) is 1. The van der Waals surface area contributed by atoms with E-state index in [1.54, 1.807) is 11.1 Å². The van der Waals surface area contributed by atoms with Gasteiger partial charge in [-0.25, -0.2) is 4.68 Å². The topological polar surface area (TPSA) is 33.1 Å². The van der Waals surface area contributed by atoms with Gasteiger partial charge in [-0.1, -0.05) is 30.3 Å². The van der Waals surface area contributed by atoms with Gasteiger partial charge in [0.15, 0.2) is 0 Å². The van der Waals surface area contributed by atoms with E-state index in [-0.39, 0.29) is 0 Å². The van der Waals surface area contributed by atoms with Crippen molar-refractivity contribution in [2.24, 2.45) is 0 Å². The molecule has 1 N–H and O–H groups in total. The van der Waals surface area contributed by atoms with Crippen molar-refractivity contribution < 1.29 is 0 Å². The first-order valence-electron chi connectivity index (χ1n) is 10.5. The van der Waals surface area contributed by atoms with Crippen LogP contribution in [0.3, 0.4) is 0 Å². The van der Waals surface area contributed by atoms with E-state index in [2.05, 4.69) is 63.8 Å². The highest BCUT2D eigenvalue weighted by Gasteiger charge is 2.24. The van der Waals surface area contributed by atoms with E-state index in [9.17, 15) is 0 Å². The van der Waals surface area contributed by atoms with Gasteiger partial charge in [-0.2, -0.15) is 5.10 Å². The van der Waals surface area contributed by atoms with Crippen LogP contribution in [0.4, 0.5) is 5.69 Å². The normalized spacial score (nSPS) is 20.1. The van der Waals surface area contributed by atoms with Gasteiger partial charge in [0.2, 0.25) is 0 Å². The highest BCUT2D eigenvalue weighted by molar-refractivity contribution is 5.53. The van der Waals surface area contributed by atoms with Crippen molar-refractivity contribution in [3.63, 3.8) is 0 Å². The van der Waals surface area contributed by atoms with E-state index in [0.717, 1.165) is 18.8 Å². The third kappa shape index (κ3) is 3.69. The summed E-state index contributed by atoms with van der Waals surface area (Å²) >= 11 is 0. The lowest BCUT2D eigenvalue weighted by atomic mass is 9.87. The summed E-state index contributed by atoms with van der Waals surface area (Å²) in [5, 5.41) is 8.32. The first kappa shape index (κ1) is 17.5. The monoisotopic (exact) mass is 372 g/mol. The number of hydrogen-bond acceptors (Lipinski definition) is 3. The summed E-state index contributed by atoms with van der Waals surface area (Å²) in [6.45, 7) is 2.23. The number of anilines is 1. The van der Waals surface area contributed by atoms with Crippen molar-refractivity contribution in [2.75, 3.05) is 18.0 Å². The lowest BCUT2D eigenvalue weighted by Gasteiger charge is -2.37. The van der Waals surface area contributed by atoms with Crippen LogP contribution < -0.4 is 10.2 Å². The molecule has 0 amide bonds. The summed E-state index contributed by atoms with van der Waals surface area (Å²) in [6.07, 6.45) is 9.91. The van der Waals surface area contributed by atoms with Gasteiger partial charge < -0.3 is 10.2 Å². The molecule has 1 saturated heterocycles. The van der Waals surface area contributed by atoms with E-state index >= 15 is 0 Å². The molecule has 2 aliphatic rings. The summed E-state index contributed by atoms with van der Waals surface area (Å²) in [7, 11) is 0. The van der Waals surface area contributed by atoms with Crippen LogP contribution in [0.1, 0.15) is 30.4 Å². The van der Waals surface area contributed by atoms with Crippen LogP contribution in [0.2, 0.25) is 0 Å². The minimum atomic E-state index is 0.634. The third-order valence-corrected chi connectivity index (χ3v) is 6.28. The molecule has 0 spiro atoms. The number of nitrogens with zero attached hydrogens (tertiary/aromatic N) is 3. The molecule has 1 aliphatic heterocycles. The van der Waals surface area contributed by atoms with Gasteiger partial charge in [-0.05, 0) is 67.5 Å². The molecule has 144 valence electrons. The zero-order chi connectivity index (χ0) is 18.8. The fraction of sp³-hybridized carbons (Fsp3) is 0.375. The first-order chi connectivity index (χ1) is 13.8. The number of rotatable bonds is 4. The number of aromatic nitrogens is 2. The number of benzene rings is 2. The molecule has 0 saturated carbocycles. The van der Waals surface area contributed by atoms with E-state index in [4.69, 9.17) is 0 Å². The molecule has 0 radical (unpaired) electrons. The zero-order valence-corrected chi connectivity index (χ0v) is 16.3. The van der Waals surface area contributed by atoms with E-state index in [1.165, 1.54) is 37.8 Å². The maximum absolute atomic E-state index is 4.35. The second-order valence-electron chi connectivity index (χ2n) is 8.11. The Balaban J connectivity index is 1.18. The Labute approximate surface area is 167 Å². The van der Waals surface area contributed by atoms with Crippen LogP contribution >= 0.6 is 0 Å². The molecule has 4 heteroatoms. The summed E-state index contributed by atoms with van der Waals surface area (Å²) in [5.74, 6) is 0. The average molecular weight is 373 g/mol. The van der Waals surface area contributed by atoms with E-state index in [0.29, 0.717) is 12.1 Å². The number of hydrogen-bond donors (Lipinski definition) is 1. The van der Waals surface area contributed by atoms with Crippen molar-refractivity contribution in [2.45, 2.75) is 44.2 Å². The highest BCUT2D eigenvalue weighted by atomic mass is 15.3. The van der Waals surface area contributed by atoms with E-state index in [1.807, 2.05) is 23.1 Å². The Kier molecular flexibility index (Phi) is 4.88. The molecule has 0 bridgehead atoms. The van der Waals surface area contributed by atoms with Crippen molar-refractivity contribution in [3.05, 3.63) is 78.1 Å². The molecule has 5 rings (SSSR count). The maximum atomic E-state index is 4.35. The molecular weight excluding hydrogens is 344 g/mol. The van der Waals surface area contributed by atoms with Crippen molar-refractivity contribution in [1.82, 2.24) is 15.1 Å². The predicted octanol–water partition coefficient (Wildman–Crippen LogP) is 3.99. The largest absolute Gasteiger partial charge is 0.371 e. The molecular formula is C24H28N4. The van der Waals surface area contributed by atoms with Crippen LogP contribution in [0.15, 0.2) is 67.0 Å². The van der Waals surface area contributed by atoms with E-state index < -0.39 is 0 Å². The molecule has 0 unspecified atom stereocenters. The summed E-state index contributed by atoms with van der Waals surface area (Å²) in [6, 6.07) is 20.9. The predicted molar refractivity (Wildman–Crippen MR) is 114 cm³/mol. The van der Waals surface area contributed by atoms with Crippen molar-refractivity contribution >= 4 is 5.69 Å². The Bertz CT molecular complexity index is 910. The van der Waals surface area contributed by atoms with Gasteiger partial charge in [-0.15, -0.1) is 0 Å². The van der Waals surface area contributed by atoms with Gasteiger partial charge in [0.05, 0.1) is 5.69 Å². The molecule has 2 aromatic carbocycles. The van der Waals surface area contributed by atoms with Gasteiger partial charge in [0, 0.05) is 43.3 Å². The summed E-state index contributed by atoms with van der Waals surface area (Å²) in [5.41, 5.74) is 5.52. The van der Waals surface area contributed by atoms with Gasteiger partial charge in [0.25, 0.3) is 0 Å². The molecule has 4 nitrogen and oxygen atoms in total. The Morgan fingerprint density at radius 3 is 2.46 bits per heavy atom. The van der Waals surface area contributed by atoms with Crippen molar-refractivity contribution in [1.29, 1.82) is 0 Å². The minimum Gasteiger partial charge on any atom is -0.371 e. The Hall–Kier alpha value is -2.59. The second-order valence-corrected chi connectivity index (χ2v) is 8.11.